The maximum Gasteiger partial charge on any atom is 0.276 e. The first-order valence-electron chi connectivity index (χ1n) is 8.70. The number of thioether (sulfide) groups is 1. The Morgan fingerprint density at radius 1 is 1.26 bits per heavy atom. The molecule has 10 heteroatoms. The Labute approximate surface area is 165 Å². The highest BCUT2D eigenvalue weighted by atomic mass is 32.2. The molecule has 0 aromatic carbocycles. The maximum atomic E-state index is 12.6. The SMILES string of the molecule is CCn1c(SCc2ccc(S(=O)(=O)N3CCCC3)o2)nc2ccsc2c1=O. The molecule has 0 spiro atoms. The van der Waals surface area contributed by atoms with Crippen molar-refractivity contribution in [3.63, 3.8) is 0 Å². The summed E-state index contributed by atoms with van der Waals surface area (Å²) in [7, 11) is -3.55. The highest BCUT2D eigenvalue weighted by molar-refractivity contribution is 7.98. The molecule has 0 radical (unpaired) electrons. The minimum atomic E-state index is -3.55. The Bertz CT molecular complexity index is 1120. The number of sulfonamides is 1. The summed E-state index contributed by atoms with van der Waals surface area (Å²) in [6.07, 6.45) is 1.77. The second-order valence-corrected chi connectivity index (χ2v) is 9.93. The van der Waals surface area contributed by atoms with Gasteiger partial charge in [0.05, 0.1) is 11.3 Å². The van der Waals surface area contributed by atoms with Crippen molar-refractivity contribution in [3.05, 3.63) is 39.7 Å². The van der Waals surface area contributed by atoms with E-state index in [0.717, 1.165) is 12.8 Å². The number of nitrogens with zero attached hydrogens (tertiary/aromatic N) is 3. The van der Waals surface area contributed by atoms with Gasteiger partial charge in [0, 0.05) is 19.6 Å². The zero-order valence-corrected chi connectivity index (χ0v) is 17.2. The van der Waals surface area contributed by atoms with Gasteiger partial charge in [-0.25, -0.2) is 13.4 Å². The first-order chi connectivity index (χ1) is 13.0. The highest BCUT2D eigenvalue weighted by Crippen LogP contribution is 2.27. The molecule has 1 saturated heterocycles. The Kier molecular flexibility index (Phi) is 5.15. The molecule has 4 heterocycles. The molecule has 27 heavy (non-hydrogen) atoms. The minimum absolute atomic E-state index is 0.0193. The standard InChI is InChI=1S/C17H19N3O4S3/c1-2-20-16(21)15-13(7-10-25-15)18-17(20)26-11-12-5-6-14(24-12)27(22,23)19-8-3-4-9-19/h5-7,10H,2-4,8-9,11H2,1H3. The van der Waals surface area contributed by atoms with Crippen molar-refractivity contribution >= 4 is 43.3 Å². The predicted octanol–water partition coefficient (Wildman–Crippen LogP) is 3.15. The number of rotatable bonds is 6. The van der Waals surface area contributed by atoms with Gasteiger partial charge in [0.2, 0.25) is 5.09 Å². The molecule has 0 N–H and O–H groups in total. The fourth-order valence-corrected chi connectivity index (χ4v) is 6.26. The third-order valence-corrected chi connectivity index (χ3v) is 8.15. The molecule has 1 aliphatic heterocycles. The van der Waals surface area contributed by atoms with E-state index in [1.807, 2.05) is 18.4 Å². The summed E-state index contributed by atoms with van der Waals surface area (Å²) in [6, 6.07) is 5.01. The lowest BCUT2D eigenvalue weighted by atomic mass is 10.4. The number of thiophene rings is 1. The van der Waals surface area contributed by atoms with Gasteiger partial charge in [-0.2, -0.15) is 4.31 Å². The molecule has 7 nitrogen and oxygen atoms in total. The summed E-state index contributed by atoms with van der Waals surface area (Å²) < 4.78 is 34.4. The van der Waals surface area contributed by atoms with Crippen molar-refractivity contribution in [3.8, 4) is 0 Å². The third kappa shape index (κ3) is 3.46. The Hall–Kier alpha value is -1.62. The van der Waals surface area contributed by atoms with Crippen LogP contribution < -0.4 is 5.56 Å². The molecule has 144 valence electrons. The largest absolute Gasteiger partial charge is 0.447 e. The van der Waals surface area contributed by atoms with Crippen LogP contribution in [-0.4, -0.2) is 35.4 Å². The van der Waals surface area contributed by atoms with E-state index < -0.39 is 10.0 Å². The van der Waals surface area contributed by atoms with Crippen LogP contribution in [0.1, 0.15) is 25.5 Å². The second kappa shape index (κ2) is 7.42. The zero-order chi connectivity index (χ0) is 19.0. The van der Waals surface area contributed by atoms with Gasteiger partial charge < -0.3 is 4.42 Å². The summed E-state index contributed by atoms with van der Waals surface area (Å²) in [6.45, 7) is 3.51. The van der Waals surface area contributed by atoms with Gasteiger partial charge in [0.15, 0.2) is 5.16 Å². The van der Waals surface area contributed by atoms with Crippen molar-refractivity contribution in [2.75, 3.05) is 13.1 Å². The molecule has 0 bridgehead atoms. The van der Waals surface area contributed by atoms with Crippen LogP contribution in [0.4, 0.5) is 0 Å². The van der Waals surface area contributed by atoms with Crippen LogP contribution in [0.3, 0.4) is 0 Å². The summed E-state index contributed by atoms with van der Waals surface area (Å²) >= 11 is 2.76. The van der Waals surface area contributed by atoms with E-state index in [2.05, 4.69) is 4.98 Å². The van der Waals surface area contributed by atoms with Crippen LogP contribution in [0, 0.1) is 0 Å². The van der Waals surface area contributed by atoms with Gasteiger partial charge in [-0.15, -0.1) is 11.3 Å². The van der Waals surface area contributed by atoms with Crippen molar-refractivity contribution in [2.24, 2.45) is 0 Å². The fourth-order valence-electron chi connectivity index (χ4n) is 3.08. The lowest BCUT2D eigenvalue weighted by molar-refractivity contribution is 0.397. The molecule has 4 rings (SSSR count). The van der Waals surface area contributed by atoms with Crippen LogP contribution in [0.2, 0.25) is 0 Å². The Balaban J connectivity index is 1.55. The molecular formula is C17H19N3O4S3. The van der Waals surface area contributed by atoms with Crippen molar-refractivity contribution < 1.29 is 12.8 Å². The molecular weight excluding hydrogens is 406 g/mol. The van der Waals surface area contributed by atoms with Gasteiger partial charge in [-0.3, -0.25) is 9.36 Å². The molecule has 0 unspecified atom stereocenters. The molecule has 1 aliphatic rings. The van der Waals surface area contributed by atoms with Crippen LogP contribution in [0.25, 0.3) is 10.2 Å². The quantitative estimate of drug-likeness (QED) is 0.445. The monoisotopic (exact) mass is 425 g/mol. The van der Waals surface area contributed by atoms with E-state index in [0.29, 0.717) is 46.5 Å². The van der Waals surface area contributed by atoms with Crippen molar-refractivity contribution in [1.29, 1.82) is 0 Å². The second-order valence-electron chi connectivity index (χ2n) is 6.20. The summed E-state index contributed by atoms with van der Waals surface area (Å²) in [5.74, 6) is 0.942. The molecule has 0 amide bonds. The van der Waals surface area contributed by atoms with Crippen LogP contribution >= 0.6 is 23.1 Å². The average molecular weight is 426 g/mol. The highest BCUT2D eigenvalue weighted by Gasteiger charge is 2.30. The Morgan fingerprint density at radius 3 is 2.78 bits per heavy atom. The molecule has 3 aromatic heterocycles. The van der Waals surface area contributed by atoms with Crippen molar-refractivity contribution in [2.45, 2.75) is 42.3 Å². The van der Waals surface area contributed by atoms with E-state index >= 15 is 0 Å². The number of fused-ring (bicyclic) bond motifs is 1. The van der Waals surface area contributed by atoms with E-state index in [4.69, 9.17) is 4.42 Å². The average Bonchev–Trinajstić information content (AvgIpc) is 3.41. The summed E-state index contributed by atoms with van der Waals surface area (Å²) in [5.41, 5.74) is 0.644. The third-order valence-electron chi connectivity index (χ3n) is 4.49. The van der Waals surface area contributed by atoms with Gasteiger partial charge in [-0.1, -0.05) is 11.8 Å². The zero-order valence-electron chi connectivity index (χ0n) is 14.8. The van der Waals surface area contributed by atoms with Crippen LogP contribution in [-0.2, 0) is 22.3 Å². The lowest BCUT2D eigenvalue weighted by Gasteiger charge is -2.12. The number of hydrogen-bond donors (Lipinski definition) is 0. The van der Waals surface area contributed by atoms with Crippen LogP contribution in [0.5, 0.6) is 0 Å². The molecule has 1 fully saturated rings. The number of aromatic nitrogens is 2. The van der Waals surface area contributed by atoms with Gasteiger partial charge in [-0.05, 0) is 43.3 Å². The topological polar surface area (TPSA) is 85.4 Å². The first-order valence-corrected chi connectivity index (χ1v) is 12.0. The van der Waals surface area contributed by atoms with E-state index in [-0.39, 0.29) is 10.7 Å². The Morgan fingerprint density at radius 2 is 2.04 bits per heavy atom. The van der Waals surface area contributed by atoms with Crippen molar-refractivity contribution in [1.82, 2.24) is 13.9 Å². The molecule has 0 aliphatic carbocycles. The predicted molar refractivity (Wildman–Crippen MR) is 106 cm³/mol. The van der Waals surface area contributed by atoms with Crippen LogP contribution in [0.15, 0.2) is 43.0 Å². The molecule has 0 saturated carbocycles. The number of hydrogen-bond acceptors (Lipinski definition) is 7. The minimum Gasteiger partial charge on any atom is -0.447 e. The van der Waals surface area contributed by atoms with Gasteiger partial charge >= 0.3 is 0 Å². The molecule has 0 atom stereocenters. The smallest absolute Gasteiger partial charge is 0.276 e. The lowest BCUT2D eigenvalue weighted by Crippen LogP contribution is -2.27. The van der Waals surface area contributed by atoms with E-state index in [9.17, 15) is 13.2 Å². The van der Waals surface area contributed by atoms with Gasteiger partial charge in [0.25, 0.3) is 15.6 Å². The fraction of sp³-hybridized carbons (Fsp3) is 0.412. The maximum absolute atomic E-state index is 12.6. The normalized spacial score (nSPS) is 15.7. The summed E-state index contributed by atoms with van der Waals surface area (Å²) in [5, 5.41) is 2.44. The van der Waals surface area contributed by atoms with E-state index in [1.54, 1.807) is 10.6 Å². The molecule has 3 aromatic rings. The number of furan rings is 1. The summed E-state index contributed by atoms with van der Waals surface area (Å²) in [4.78, 5) is 17.1. The van der Waals surface area contributed by atoms with Gasteiger partial charge in [0.1, 0.15) is 10.5 Å². The van der Waals surface area contributed by atoms with E-state index in [1.165, 1.54) is 33.5 Å². The first kappa shape index (κ1) is 18.7.